The van der Waals surface area contributed by atoms with Gasteiger partial charge in [0.25, 0.3) is 0 Å². The molecule has 0 bridgehead atoms. The van der Waals surface area contributed by atoms with Crippen molar-refractivity contribution < 1.29 is 20.4 Å². The number of hydrogen-bond acceptors (Lipinski definition) is 15. The van der Waals surface area contributed by atoms with Crippen molar-refractivity contribution in [2.75, 3.05) is 52.4 Å². The van der Waals surface area contributed by atoms with Gasteiger partial charge in [0, 0.05) is 167 Å². The topological polar surface area (TPSA) is 251 Å². The first-order valence-corrected chi connectivity index (χ1v) is 36.6. The van der Waals surface area contributed by atoms with E-state index in [9.17, 15) is 20.4 Å². The van der Waals surface area contributed by atoms with Gasteiger partial charge in [-0.1, -0.05) is 58.3 Å². The molecule has 8 aromatic heterocycles. The molecule has 0 saturated carbocycles. The highest BCUT2D eigenvalue weighted by atomic mass is 16.3. The van der Waals surface area contributed by atoms with Crippen molar-refractivity contribution in [3.05, 3.63) is 207 Å². The van der Waals surface area contributed by atoms with E-state index in [-0.39, 0.29) is 0 Å². The van der Waals surface area contributed by atoms with Crippen LogP contribution < -0.4 is 0 Å². The Hall–Kier alpha value is -8.71. The number of imidazole rings is 1. The van der Waals surface area contributed by atoms with Crippen molar-refractivity contribution in [1.82, 2.24) is 88.9 Å². The predicted octanol–water partition coefficient (Wildman–Crippen LogP) is 10.9. The van der Waals surface area contributed by atoms with Gasteiger partial charge in [-0.2, -0.15) is 20.6 Å². The average Bonchev–Trinajstić information content (AvgIpc) is 1.61. The number of tetrazole rings is 1. The van der Waals surface area contributed by atoms with Crippen LogP contribution in [-0.4, -0.2) is 162 Å². The number of rotatable bonds is 12. The summed E-state index contributed by atoms with van der Waals surface area (Å²) in [5, 5.41) is 72.4. The molecule has 518 valence electrons. The molecule has 0 radical (unpaired) electrons. The van der Waals surface area contributed by atoms with E-state index < -0.39 is 24.4 Å². The molecule has 22 nitrogen and oxygen atoms in total. The van der Waals surface area contributed by atoms with Crippen molar-refractivity contribution in [3.8, 4) is 0 Å². The number of nitrogens with one attached hydrogen (secondary N) is 3. The number of fused-ring (bicyclic) bond motifs is 20. The summed E-state index contributed by atoms with van der Waals surface area (Å²) in [6, 6.07) is 34.7. The molecule has 100 heavy (non-hydrogen) atoms. The summed E-state index contributed by atoms with van der Waals surface area (Å²) in [5.74, 6) is 0.988. The molecule has 0 spiro atoms. The number of aryl methyl sites for hydroxylation is 3. The second-order valence-corrected chi connectivity index (χ2v) is 29.2. The van der Waals surface area contributed by atoms with E-state index in [2.05, 4.69) is 188 Å². The molecule has 22 heteroatoms. The molecular formula is C78H92N18O4. The lowest BCUT2D eigenvalue weighted by Crippen LogP contribution is -2.31. The minimum atomic E-state index is -0.763. The summed E-state index contributed by atoms with van der Waals surface area (Å²) in [4.78, 5) is 21.8. The molecule has 20 rings (SSSR count). The van der Waals surface area contributed by atoms with Crippen LogP contribution in [0.1, 0.15) is 185 Å². The maximum absolute atomic E-state index is 10.8. The van der Waals surface area contributed by atoms with E-state index in [0.29, 0.717) is 67.7 Å². The summed E-state index contributed by atoms with van der Waals surface area (Å²) in [7, 11) is 0. The van der Waals surface area contributed by atoms with Crippen molar-refractivity contribution in [2.24, 2.45) is 0 Å². The Morgan fingerprint density at radius 3 is 1.33 bits per heavy atom. The number of H-pyrrole nitrogens is 3. The third-order valence-electron chi connectivity index (χ3n) is 23.3. The van der Waals surface area contributed by atoms with Crippen molar-refractivity contribution >= 4 is 43.6 Å². The minimum absolute atomic E-state index is 0.348. The van der Waals surface area contributed by atoms with Gasteiger partial charge in [-0.25, -0.2) is 4.98 Å². The zero-order chi connectivity index (χ0) is 67.7. The quantitative estimate of drug-likeness (QED) is 0.0601. The fourth-order valence-electron chi connectivity index (χ4n) is 18.9. The number of aromatic nitrogens is 14. The van der Waals surface area contributed by atoms with Crippen LogP contribution >= 0.6 is 0 Å². The van der Waals surface area contributed by atoms with Crippen molar-refractivity contribution in [1.29, 1.82) is 0 Å². The second-order valence-electron chi connectivity index (χ2n) is 29.2. The summed E-state index contributed by atoms with van der Waals surface area (Å²) in [6.45, 7) is 17.9. The lowest BCUT2D eigenvalue weighted by molar-refractivity contribution is 0.146. The minimum Gasteiger partial charge on any atom is -0.387 e. The summed E-state index contributed by atoms with van der Waals surface area (Å²) in [6.07, 6.45) is 20.3. The Bertz CT molecular complexity index is 4500. The molecule has 0 aliphatic carbocycles. The SMILES string of the molecule is Cc1ccc2c(c1)c1c(n2CC(O)c2cn[nH]n2)CCN2CCCC12.Cc1ccc2c(c1)c1c(n2CC(O)c2ncc[nH]2)CCN2CCCC12.Cc1ccc2c(c1)c1c(n2CC(O)c2nn[nH]n2)CCN2CCCC12.OC(Cn1c2c(c3ccccc31)C1CCCN1CC2)c1ccncc1. The van der Waals surface area contributed by atoms with Gasteiger partial charge in [0.15, 0.2) is 0 Å². The first-order valence-electron chi connectivity index (χ1n) is 36.6. The van der Waals surface area contributed by atoms with Gasteiger partial charge >= 0.3 is 0 Å². The van der Waals surface area contributed by atoms with E-state index in [4.69, 9.17) is 0 Å². The lowest BCUT2D eigenvalue weighted by Gasteiger charge is -2.31. The average molecular weight is 1350 g/mol. The normalized spacial score (nSPS) is 21.4. The van der Waals surface area contributed by atoms with Crippen molar-refractivity contribution in [3.63, 3.8) is 0 Å². The number of benzene rings is 4. The highest BCUT2D eigenvalue weighted by molar-refractivity contribution is 5.90. The number of pyridine rings is 1. The van der Waals surface area contributed by atoms with Gasteiger partial charge in [0.05, 0.1) is 38.5 Å². The molecule has 0 amide bonds. The predicted molar refractivity (Wildman–Crippen MR) is 384 cm³/mol. The maximum atomic E-state index is 10.8. The van der Waals surface area contributed by atoms with E-state index in [1.54, 1.807) is 31.0 Å². The highest BCUT2D eigenvalue weighted by Gasteiger charge is 2.40. The Morgan fingerprint density at radius 2 is 0.890 bits per heavy atom. The van der Waals surface area contributed by atoms with Gasteiger partial charge in [0.1, 0.15) is 29.8 Å². The smallest absolute Gasteiger partial charge is 0.204 e. The van der Waals surface area contributed by atoms with E-state index in [0.717, 1.165) is 57.4 Å². The monoisotopic (exact) mass is 1340 g/mol. The largest absolute Gasteiger partial charge is 0.387 e. The second kappa shape index (κ2) is 27.3. The van der Waals surface area contributed by atoms with Crippen LogP contribution in [0.5, 0.6) is 0 Å². The number of aliphatic hydroxyl groups excluding tert-OH is 4. The van der Waals surface area contributed by atoms with Gasteiger partial charge < -0.3 is 43.7 Å². The Balaban J connectivity index is 0.0000000997. The van der Waals surface area contributed by atoms with E-state index in [1.165, 1.54) is 183 Å². The van der Waals surface area contributed by atoms with Gasteiger partial charge in [-0.05, 0) is 181 Å². The standard InChI is InChI=1S/C21H23N3O.C20H24N4O.C19H23N5O.C18H22N6O/c25-20(15-7-10-22-11-8-15)14-24-17-5-2-1-4-16(17)21-18-6-3-12-23(18)13-9-19(21)24;1-13-4-5-15-14(11-13)19-16-3-2-9-23(16)10-6-17(19)24(15)12-18(25)20-21-7-8-22-20;1-12-4-5-15-13(9-12)19-16-3-2-7-23(16)8-6-17(19)24(15)11-18(25)14-10-20-22-21-14;1-11-4-5-13-12(9-11)17-14-3-2-7-23(14)8-6-15(17)24(13)10-16(25)18-19-21-22-20-18/h1-2,4-5,7-8,10-11,18,20,25H,3,6,9,12-14H2;4-5,7-8,11,16,18,25H,2-3,6,9-10,12H2,1H3,(H,21,22);4-5,9-10,16,18,25H,2-3,6-8,11H2,1H3,(H,20,21,22);4-5,9,14,16,25H,2-3,6-8,10H2,1H3,(H,19,20,21,22). The Morgan fingerprint density at radius 1 is 0.450 bits per heavy atom. The summed E-state index contributed by atoms with van der Waals surface area (Å²) >= 11 is 0. The van der Waals surface area contributed by atoms with E-state index >= 15 is 0 Å². The fraction of sp³-hybridized carbons (Fsp3) is 0.449. The first-order chi connectivity index (χ1) is 49.0. The number of aromatic amines is 3. The number of hydrogen-bond donors (Lipinski definition) is 7. The number of aliphatic hydroxyl groups is 4. The molecule has 7 N–H and O–H groups in total. The molecule has 12 aromatic rings. The van der Waals surface area contributed by atoms with Crippen LogP contribution in [0.15, 0.2) is 122 Å². The third kappa shape index (κ3) is 11.9. The summed E-state index contributed by atoms with van der Waals surface area (Å²) < 4.78 is 9.30. The molecule has 16 heterocycles. The zero-order valence-corrected chi connectivity index (χ0v) is 57.6. The Kier molecular flexibility index (Phi) is 17.7. The van der Waals surface area contributed by atoms with Crippen LogP contribution in [0.25, 0.3) is 43.6 Å². The van der Waals surface area contributed by atoms with Crippen LogP contribution in [0.2, 0.25) is 0 Å². The van der Waals surface area contributed by atoms with Crippen molar-refractivity contribution in [2.45, 2.75) is 173 Å². The Labute approximate surface area is 581 Å². The molecule has 8 aliphatic heterocycles. The molecule has 4 fully saturated rings. The van der Waals surface area contributed by atoms with Crippen LogP contribution in [0.4, 0.5) is 0 Å². The van der Waals surface area contributed by atoms with Gasteiger partial charge in [-0.3, -0.25) is 24.6 Å². The molecule has 8 aliphatic rings. The molecule has 8 atom stereocenters. The molecular weight excluding hydrogens is 1250 g/mol. The third-order valence-corrected chi connectivity index (χ3v) is 23.3. The maximum Gasteiger partial charge on any atom is 0.204 e. The number of para-hydroxylation sites is 1. The van der Waals surface area contributed by atoms with Crippen LogP contribution in [-0.2, 0) is 51.9 Å². The lowest BCUT2D eigenvalue weighted by atomic mass is 9.95. The van der Waals surface area contributed by atoms with Crippen LogP contribution in [0.3, 0.4) is 0 Å². The van der Waals surface area contributed by atoms with Crippen LogP contribution in [0, 0.1) is 20.8 Å². The summed E-state index contributed by atoms with van der Waals surface area (Å²) in [5.41, 5.74) is 21.9. The van der Waals surface area contributed by atoms with Gasteiger partial charge in [0.2, 0.25) is 5.82 Å². The molecule has 4 saturated heterocycles. The van der Waals surface area contributed by atoms with E-state index in [1.807, 2.05) is 12.1 Å². The fourth-order valence-corrected chi connectivity index (χ4v) is 18.9. The number of nitrogens with zero attached hydrogens (tertiary/aromatic N) is 15. The zero-order valence-electron chi connectivity index (χ0n) is 57.6. The first kappa shape index (κ1) is 64.7. The molecule has 8 unspecified atom stereocenters. The molecule has 4 aromatic carbocycles. The van der Waals surface area contributed by atoms with Gasteiger partial charge in [-0.15, -0.1) is 10.2 Å². The highest BCUT2D eigenvalue weighted by Crippen LogP contribution is 2.48.